The summed E-state index contributed by atoms with van der Waals surface area (Å²) in [6.45, 7) is 7.26. The number of thioether (sulfide) groups is 1. The molecule has 1 saturated heterocycles. The van der Waals surface area contributed by atoms with Crippen LogP contribution in [0.25, 0.3) is 0 Å². The predicted octanol–water partition coefficient (Wildman–Crippen LogP) is 5.76. The van der Waals surface area contributed by atoms with Gasteiger partial charge >= 0.3 is 6.09 Å². The Morgan fingerprint density at radius 2 is 1.86 bits per heavy atom. The van der Waals surface area contributed by atoms with Crippen LogP contribution >= 0.6 is 34.4 Å². The highest BCUT2D eigenvalue weighted by atomic mass is 127. The zero-order chi connectivity index (χ0) is 20.1. The predicted molar refractivity (Wildman–Crippen MR) is 122 cm³/mol. The number of morpholine rings is 1. The molecule has 28 heavy (non-hydrogen) atoms. The average Bonchev–Trinajstić information content (AvgIpc) is 2.67. The van der Waals surface area contributed by atoms with Crippen molar-refractivity contribution in [1.82, 2.24) is 4.90 Å². The smallest absolute Gasteiger partial charge is 0.410 e. The van der Waals surface area contributed by atoms with Gasteiger partial charge in [-0.3, -0.25) is 0 Å². The van der Waals surface area contributed by atoms with Crippen LogP contribution in [-0.2, 0) is 9.47 Å². The molecule has 4 nitrogen and oxygen atoms in total. The van der Waals surface area contributed by atoms with Crippen LogP contribution in [0.2, 0.25) is 0 Å². The Balaban J connectivity index is 1.81. The lowest BCUT2D eigenvalue weighted by molar-refractivity contribution is -0.0425. The molecule has 2 aromatic carbocycles. The van der Waals surface area contributed by atoms with Crippen LogP contribution in [0.3, 0.4) is 0 Å². The summed E-state index contributed by atoms with van der Waals surface area (Å²) in [4.78, 5) is 15.6. The van der Waals surface area contributed by atoms with E-state index in [1.165, 1.54) is 14.0 Å². The standard InChI is InChI=1S/C22H26INO3S/c1-22(2,3)27-21(25)24-13-14-26-18(15-24)20(16-9-5-4-6-10-16)28-19-12-8-7-11-17(19)23/h4-12,18,20H,13-15H2,1-3H3/t18-,20-/m0/s1. The van der Waals surface area contributed by atoms with Gasteiger partial charge in [0.2, 0.25) is 0 Å². The van der Waals surface area contributed by atoms with E-state index in [-0.39, 0.29) is 17.4 Å². The van der Waals surface area contributed by atoms with E-state index in [1.807, 2.05) is 45.0 Å². The summed E-state index contributed by atoms with van der Waals surface area (Å²) in [6, 6.07) is 18.7. The number of carbonyl (C=O) groups is 1. The first-order valence-corrected chi connectivity index (χ1v) is 11.3. The average molecular weight is 511 g/mol. The molecule has 1 amide bonds. The number of halogens is 1. The van der Waals surface area contributed by atoms with Crippen molar-refractivity contribution in [2.45, 2.75) is 42.6 Å². The normalized spacial score (nSPS) is 18.6. The second-order valence-corrected chi connectivity index (χ2v) is 10.1. The second kappa shape index (κ2) is 9.50. The first-order valence-electron chi connectivity index (χ1n) is 9.39. The summed E-state index contributed by atoms with van der Waals surface area (Å²) in [5.41, 5.74) is 0.696. The molecule has 0 spiro atoms. The molecule has 2 aromatic rings. The molecule has 0 radical (unpaired) electrons. The number of hydrogen-bond acceptors (Lipinski definition) is 4. The Morgan fingerprint density at radius 3 is 2.54 bits per heavy atom. The van der Waals surface area contributed by atoms with Crippen LogP contribution in [0.5, 0.6) is 0 Å². The summed E-state index contributed by atoms with van der Waals surface area (Å²) >= 11 is 4.16. The summed E-state index contributed by atoms with van der Waals surface area (Å²) in [6.07, 6.45) is -0.378. The van der Waals surface area contributed by atoms with Crippen LogP contribution in [0.4, 0.5) is 4.79 Å². The Labute approximate surface area is 185 Å². The Bertz CT molecular complexity index is 794. The van der Waals surface area contributed by atoms with Gasteiger partial charge in [0, 0.05) is 15.0 Å². The molecule has 1 aliphatic heterocycles. The maximum absolute atomic E-state index is 12.6. The summed E-state index contributed by atoms with van der Waals surface area (Å²) < 4.78 is 12.9. The summed E-state index contributed by atoms with van der Waals surface area (Å²) in [7, 11) is 0. The molecule has 1 heterocycles. The highest BCUT2D eigenvalue weighted by Crippen LogP contribution is 2.41. The van der Waals surface area contributed by atoms with E-state index in [0.29, 0.717) is 19.7 Å². The molecular weight excluding hydrogens is 485 g/mol. The maximum Gasteiger partial charge on any atom is 0.410 e. The van der Waals surface area contributed by atoms with Gasteiger partial charge in [0.15, 0.2) is 0 Å². The van der Waals surface area contributed by atoms with E-state index >= 15 is 0 Å². The molecule has 3 rings (SSSR count). The molecule has 1 fully saturated rings. The topological polar surface area (TPSA) is 38.8 Å². The highest BCUT2D eigenvalue weighted by molar-refractivity contribution is 14.1. The monoisotopic (exact) mass is 511 g/mol. The third-order valence-electron chi connectivity index (χ3n) is 4.30. The number of nitrogens with zero attached hydrogens (tertiary/aromatic N) is 1. The fourth-order valence-electron chi connectivity index (χ4n) is 3.03. The molecular formula is C22H26INO3S. The lowest BCUT2D eigenvalue weighted by Gasteiger charge is -2.37. The van der Waals surface area contributed by atoms with Gasteiger partial charge in [0.25, 0.3) is 0 Å². The lowest BCUT2D eigenvalue weighted by atomic mass is 10.1. The minimum Gasteiger partial charge on any atom is -0.444 e. The van der Waals surface area contributed by atoms with Crippen LogP contribution in [-0.4, -0.2) is 42.4 Å². The number of rotatable bonds is 4. The minimum absolute atomic E-state index is 0.0855. The fourth-order valence-corrected chi connectivity index (χ4v) is 5.02. The van der Waals surface area contributed by atoms with E-state index in [4.69, 9.17) is 9.47 Å². The van der Waals surface area contributed by atoms with E-state index in [2.05, 4.69) is 52.9 Å². The number of carbonyl (C=O) groups excluding carboxylic acids is 1. The van der Waals surface area contributed by atoms with Gasteiger partial charge in [-0.1, -0.05) is 42.5 Å². The van der Waals surface area contributed by atoms with Crippen LogP contribution in [0.15, 0.2) is 59.5 Å². The zero-order valence-corrected chi connectivity index (χ0v) is 19.4. The van der Waals surface area contributed by atoms with E-state index in [0.717, 1.165) is 0 Å². The largest absolute Gasteiger partial charge is 0.444 e. The van der Waals surface area contributed by atoms with Crippen molar-refractivity contribution in [3.8, 4) is 0 Å². The Hall–Kier alpha value is -1.25. The Morgan fingerprint density at radius 1 is 1.18 bits per heavy atom. The van der Waals surface area contributed by atoms with Gasteiger partial charge < -0.3 is 14.4 Å². The first-order chi connectivity index (χ1) is 13.3. The van der Waals surface area contributed by atoms with Gasteiger partial charge in [-0.2, -0.15) is 0 Å². The number of hydrogen-bond donors (Lipinski definition) is 0. The lowest BCUT2D eigenvalue weighted by Crippen LogP contribution is -2.48. The number of benzene rings is 2. The van der Waals surface area contributed by atoms with Crippen molar-refractivity contribution in [3.05, 3.63) is 63.7 Å². The van der Waals surface area contributed by atoms with Crippen molar-refractivity contribution in [3.63, 3.8) is 0 Å². The van der Waals surface area contributed by atoms with Gasteiger partial charge in [0.05, 0.1) is 24.5 Å². The van der Waals surface area contributed by atoms with Crippen molar-refractivity contribution in [1.29, 1.82) is 0 Å². The third kappa shape index (κ3) is 5.87. The molecule has 6 heteroatoms. The SMILES string of the molecule is CC(C)(C)OC(=O)N1CCO[C@H]([C@@H](Sc2ccccc2I)c2ccccc2)C1. The molecule has 0 aliphatic carbocycles. The van der Waals surface area contributed by atoms with Crippen molar-refractivity contribution in [2.24, 2.45) is 0 Å². The fraction of sp³-hybridized carbons (Fsp3) is 0.409. The quantitative estimate of drug-likeness (QED) is 0.387. The van der Waals surface area contributed by atoms with Crippen molar-refractivity contribution < 1.29 is 14.3 Å². The van der Waals surface area contributed by atoms with Crippen LogP contribution < -0.4 is 0 Å². The van der Waals surface area contributed by atoms with Gasteiger partial charge in [-0.25, -0.2) is 4.79 Å². The van der Waals surface area contributed by atoms with Gasteiger partial charge in [-0.05, 0) is 61.1 Å². The Kier molecular flexibility index (Phi) is 7.28. The minimum atomic E-state index is -0.501. The molecule has 0 unspecified atom stereocenters. The van der Waals surface area contributed by atoms with Crippen LogP contribution in [0.1, 0.15) is 31.6 Å². The molecule has 0 aromatic heterocycles. The third-order valence-corrected chi connectivity index (χ3v) is 7.05. The first kappa shape index (κ1) is 21.5. The molecule has 2 atom stereocenters. The zero-order valence-electron chi connectivity index (χ0n) is 16.4. The van der Waals surface area contributed by atoms with Gasteiger partial charge in [0.1, 0.15) is 5.60 Å². The van der Waals surface area contributed by atoms with Crippen molar-refractivity contribution >= 4 is 40.4 Å². The number of ether oxygens (including phenoxy) is 2. The van der Waals surface area contributed by atoms with E-state index in [1.54, 1.807) is 16.7 Å². The summed E-state index contributed by atoms with van der Waals surface area (Å²) in [5, 5.41) is 0.0855. The highest BCUT2D eigenvalue weighted by Gasteiger charge is 2.34. The van der Waals surface area contributed by atoms with E-state index < -0.39 is 5.60 Å². The molecule has 1 aliphatic rings. The molecule has 0 N–H and O–H groups in total. The van der Waals surface area contributed by atoms with Crippen LogP contribution in [0, 0.1) is 3.57 Å². The maximum atomic E-state index is 12.6. The molecule has 0 saturated carbocycles. The molecule has 0 bridgehead atoms. The molecule has 150 valence electrons. The van der Waals surface area contributed by atoms with Crippen molar-refractivity contribution in [2.75, 3.05) is 19.7 Å². The van der Waals surface area contributed by atoms with E-state index in [9.17, 15) is 4.79 Å². The number of amides is 1. The van der Waals surface area contributed by atoms with Gasteiger partial charge in [-0.15, -0.1) is 11.8 Å². The summed E-state index contributed by atoms with van der Waals surface area (Å²) in [5.74, 6) is 0. The second-order valence-electron chi connectivity index (χ2n) is 7.72.